The van der Waals surface area contributed by atoms with Crippen LogP contribution in [0.15, 0.2) is 29.1 Å². The highest BCUT2D eigenvalue weighted by Crippen LogP contribution is 2.34. The van der Waals surface area contributed by atoms with Gasteiger partial charge in [-0.1, -0.05) is 26.0 Å². The fourth-order valence-corrected chi connectivity index (χ4v) is 3.40. The molecule has 1 aromatic carbocycles. The lowest BCUT2D eigenvalue weighted by Crippen LogP contribution is -2.42. The number of nitrogens with zero attached hydrogens (tertiary/aromatic N) is 2. The van der Waals surface area contributed by atoms with Crippen molar-refractivity contribution in [2.45, 2.75) is 58.0 Å². The zero-order valence-electron chi connectivity index (χ0n) is 16.6. The molecule has 1 fully saturated rings. The number of ether oxygens (including phenoxy) is 1. The van der Waals surface area contributed by atoms with Crippen LogP contribution < -0.4 is 10.9 Å². The molecule has 1 unspecified atom stereocenters. The Balaban J connectivity index is 1.75. The number of para-hydroxylation sites is 1. The van der Waals surface area contributed by atoms with Crippen LogP contribution in [-0.2, 0) is 20.7 Å². The summed E-state index contributed by atoms with van der Waals surface area (Å²) in [6.07, 6.45) is 2.93. The van der Waals surface area contributed by atoms with Gasteiger partial charge in [0.25, 0.3) is 5.56 Å². The lowest BCUT2D eigenvalue weighted by Gasteiger charge is -2.18. The number of esters is 1. The van der Waals surface area contributed by atoms with E-state index in [0.29, 0.717) is 29.6 Å². The second-order valence-electron chi connectivity index (χ2n) is 7.72. The standard InChI is InChI=1S/C21H27N3O4/c1-13(2)12-17(21(27)28-3)23-19(25)11-10-18-22-16-7-5-4-6-15(16)20(26)24(18)14-8-9-14/h4-7,13-14,17H,8-12H2,1-3H3,(H,23,25). The zero-order valence-corrected chi connectivity index (χ0v) is 16.6. The van der Waals surface area contributed by atoms with Crippen molar-refractivity contribution in [3.05, 3.63) is 40.4 Å². The first-order chi connectivity index (χ1) is 13.4. The Morgan fingerprint density at radius 3 is 2.64 bits per heavy atom. The molecule has 28 heavy (non-hydrogen) atoms. The van der Waals surface area contributed by atoms with Gasteiger partial charge in [0.05, 0.1) is 18.0 Å². The van der Waals surface area contributed by atoms with Crippen LogP contribution in [-0.4, -0.2) is 34.6 Å². The lowest BCUT2D eigenvalue weighted by atomic mass is 10.0. The summed E-state index contributed by atoms with van der Waals surface area (Å²) in [5.74, 6) is 0.174. The molecule has 1 heterocycles. The Morgan fingerprint density at radius 1 is 1.29 bits per heavy atom. The normalized spacial score (nSPS) is 14.9. The molecule has 1 N–H and O–H groups in total. The van der Waals surface area contributed by atoms with Gasteiger partial charge in [-0.05, 0) is 37.3 Å². The van der Waals surface area contributed by atoms with Gasteiger partial charge in [0.1, 0.15) is 11.9 Å². The van der Waals surface area contributed by atoms with E-state index < -0.39 is 12.0 Å². The van der Waals surface area contributed by atoms with E-state index in [1.165, 1.54) is 7.11 Å². The number of nitrogens with one attached hydrogen (secondary N) is 1. The molecular weight excluding hydrogens is 358 g/mol. The van der Waals surface area contributed by atoms with Gasteiger partial charge < -0.3 is 10.1 Å². The highest BCUT2D eigenvalue weighted by molar-refractivity contribution is 5.84. The highest BCUT2D eigenvalue weighted by Gasteiger charge is 2.29. The van der Waals surface area contributed by atoms with Crippen LogP contribution in [0.1, 0.15) is 51.4 Å². The largest absolute Gasteiger partial charge is 0.467 e. The van der Waals surface area contributed by atoms with Gasteiger partial charge in [0.15, 0.2) is 0 Å². The topological polar surface area (TPSA) is 90.3 Å². The first-order valence-electron chi connectivity index (χ1n) is 9.78. The zero-order chi connectivity index (χ0) is 20.3. The smallest absolute Gasteiger partial charge is 0.328 e. The number of amides is 1. The minimum atomic E-state index is -0.660. The van der Waals surface area contributed by atoms with Crippen molar-refractivity contribution in [3.63, 3.8) is 0 Å². The van der Waals surface area contributed by atoms with Crippen LogP contribution in [0.25, 0.3) is 10.9 Å². The molecule has 2 aromatic rings. The molecule has 3 rings (SSSR count). The second-order valence-corrected chi connectivity index (χ2v) is 7.72. The minimum Gasteiger partial charge on any atom is -0.467 e. The van der Waals surface area contributed by atoms with Crippen molar-refractivity contribution in [1.29, 1.82) is 0 Å². The Bertz CT molecular complexity index is 931. The maximum atomic E-state index is 12.9. The number of hydrogen-bond donors (Lipinski definition) is 1. The van der Waals surface area contributed by atoms with Gasteiger partial charge >= 0.3 is 5.97 Å². The fourth-order valence-electron chi connectivity index (χ4n) is 3.40. The molecule has 150 valence electrons. The summed E-state index contributed by atoms with van der Waals surface area (Å²) in [6.45, 7) is 3.96. The average Bonchev–Trinajstić information content (AvgIpc) is 3.50. The molecule has 0 radical (unpaired) electrons. The third-order valence-electron chi connectivity index (χ3n) is 4.90. The van der Waals surface area contributed by atoms with E-state index in [1.54, 1.807) is 10.6 Å². The van der Waals surface area contributed by atoms with Crippen LogP contribution >= 0.6 is 0 Å². The van der Waals surface area contributed by atoms with Gasteiger partial charge in [-0.25, -0.2) is 9.78 Å². The molecule has 1 aliphatic carbocycles. The number of aryl methyl sites for hydroxylation is 1. The van der Waals surface area contributed by atoms with Crippen molar-refractivity contribution in [3.8, 4) is 0 Å². The van der Waals surface area contributed by atoms with E-state index >= 15 is 0 Å². The van der Waals surface area contributed by atoms with Gasteiger partial charge in [-0.3, -0.25) is 14.2 Å². The number of benzene rings is 1. The number of fused-ring (bicyclic) bond motifs is 1. The van der Waals surface area contributed by atoms with Crippen LogP contribution in [0, 0.1) is 5.92 Å². The van der Waals surface area contributed by atoms with E-state index in [0.717, 1.165) is 12.8 Å². The fraction of sp³-hybridized carbons (Fsp3) is 0.524. The number of aromatic nitrogens is 2. The Morgan fingerprint density at radius 2 is 2.00 bits per heavy atom. The molecule has 1 aromatic heterocycles. The summed E-state index contributed by atoms with van der Waals surface area (Å²) in [4.78, 5) is 41.8. The van der Waals surface area contributed by atoms with Gasteiger partial charge in [0, 0.05) is 18.9 Å². The molecule has 1 atom stereocenters. The van der Waals surface area contributed by atoms with Crippen LogP contribution in [0.5, 0.6) is 0 Å². The number of carbonyl (C=O) groups is 2. The van der Waals surface area contributed by atoms with E-state index in [9.17, 15) is 14.4 Å². The maximum Gasteiger partial charge on any atom is 0.328 e. The van der Waals surface area contributed by atoms with Crippen molar-refractivity contribution in [2.24, 2.45) is 5.92 Å². The highest BCUT2D eigenvalue weighted by atomic mass is 16.5. The molecule has 0 saturated heterocycles. The molecule has 1 saturated carbocycles. The molecule has 7 nitrogen and oxygen atoms in total. The predicted molar refractivity (Wildman–Crippen MR) is 106 cm³/mol. The Labute approximate surface area is 164 Å². The summed E-state index contributed by atoms with van der Waals surface area (Å²) in [5, 5.41) is 3.36. The van der Waals surface area contributed by atoms with E-state index in [1.807, 2.05) is 32.0 Å². The van der Waals surface area contributed by atoms with Gasteiger partial charge in [0.2, 0.25) is 5.91 Å². The first-order valence-corrected chi connectivity index (χ1v) is 9.78. The summed E-state index contributed by atoms with van der Waals surface area (Å²) >= 11 is 0. The van der Waals surface area contributed by atoms with E-state index in [4.69, 9.17) is 4.74 Å². The van der Waals surface area contributed by atoms with Crippen LogP contribution in [0.2, 0.25) is 0 Å². The van der Waals surface area contributed by atoms with Crippen LogP contribution in [0.4, 0.5) is 0 Å². The van der Waals surface area contributed by atoms with Crippen molar-refractivity contribution in [1.82, 2.24) is 14.9 Å². The third kappa shape index (κ3) is 4.58. The molecule has 0 aliphatic heterocycles. The molecule has 1 amide bonds. The second kappa shape index (κ2) is 8.54. The predicted octanol–water partition coefficient (Wildman–Crippen LogP) is 2.37. The summed E-state index contributed by atoms with van der Waals surface area (Å²) in [5.41, 5.74) is 0.600. The number of rotatable bonds is 8. The third-order valence-corrected chi connectivity index (χ3v) is 4.90. The molecular formula is C21H27N3O4. The van der Waals surface area contributed by atoms with Gasteiger partial charge in [-0.2, -0.15) is 0 Å². The minimum absolute atomic E-state index is 0.0456. The van der Waals surface area contributed by atoms with Crippen molar-refractivity contribution in [2.75, 3.05) is 7.11 Å². The molecule has 7 heteroatoms. The molecule has 1 aliphatic rings. The van der Waals surface area contributed by atoms with Gasteiger partial charge in [-0.15, -0.1) is 0 Å². The molecule has 0 bridgehead atoms. The van der Waals surface area contributed by atoms with E-state index in [-0.39, 0.29) is 29.8 Å². The number of carbonyl (C=O) groups excluding carboxylic acids is 2. The number of methoxy groups -OCH3 is 1. The number of hydrogen-bond acceptors (Lipinski definition) is 5. The summed E-state index contributed by atoms with van der Waals surface area (Å²) in [6, 6.07) is 6.79. The quantitative estimate of drug-likeness (QED) is 0.705. The average molecular weight is 385 g/mol. The van der Waals surface area contributed by atoms with Crippen LogP contribution in [0.3, 0.4) is 0 Å². The maximum absolute atomic E-state index is 12.9. The first kappa shape index (κ1) is 20.0. The molecule has 0 spiro atoms. The summed E-state index contributed by atoms with van der Waals surface area (Å²) in [7, 11) is 1.31. The Kier molecular flexibility index (Phi) is 6.11. The summed E-state index contributed by atoms with van der Waals surface area (Å²) < 4.78 is 6.53. The SMILES string of the molecule is COC(=O)C(CC(C)C)NC(=O)CCc1nc2ccccc2c(=O)n1C1CC1. The van der Waals surface area contributed by atoms with Crippen molar-refractivity contribution >= 4 is 22.8 Å². The van der Waals surface area contributed by atoms with Crippen molar-refractivity contribution < 1.29 is 14.3 Å². The lowest BCUT2D eigenvalue weighted by molar-refractivity contribution is -0.145. The van der Waals surface area contributed by atoms with E-state index in [2.05, 4.69) is 10.3 Å². The Hall–Kier alpha value is -2.70. The monoisotopic (exact) mass is 385 g/mol.